The second kappa shape index (κ2) is 7.76. The Morgan fingerprint density at radius 3 is 2.14 bits per heavy atom. The van der Waals surface area contributed by atoms with E-state index in [4.69, 9.17) is 9.47 Å². The lowest BCUT2D eigenvalue weighted by Gasteiger charge is -2.26. The number of cyclic esters (lactones) is 1. The molecule has 144 valence electrons. The Labute approximate surface area is 169 Å². The molecule has 1 atom stereocenters. The number of carbonyl (C=O) groups is 2. The van der Waals surface area contributed by atoms with Crippen LogP contribution in [0.5, 0.6) is 5.75 Å². The van der Waals surface area contributed by atoms with Crippen molar-refractivity contribution in [2.24, 2.45) is 0 Å². The summed E-state index contributed by atoms with van der Waals surface area (Å²) in [6.45, 7) is 0. The van der Waals surface area contributed by atoms with Crippen molar-refractivity contribution in [1.29, 1.82) is 0 Å². The third-order valence-electron chi connectivity index (χ3n) is 5.05. The molecule has 1 aliphatic heterocycles. The molecule has 0 bridgehead atoms. The van der Waals surface area contributed by atoms with Gasteiger partial charge in [0.15, 0.2) is 11.4 Å². The van der Waals surface area contributed by atoms with E-state index >= 15 is 0 Å². The van der Waals surface area contributed by atoms with E-state index in [2.05, 4.69) is 0 Å². The monoisotopic (exact) mass is 384 g/mol. The molecule has 0 aliphatic carbocycles. The molecule has 3 aromatic rings. The van der Waals surface area contributed by atoms with Crippen LogP contribution in [0, 0.1) is 0 Å². The highest BCUT2D eigenvalue weighted by molar-refractivity contribution is 6.19. The van der Waals surface area contributed by atoms with Gasteiger partial charge in [-0.25, -0.2) is 4.79 Å². The van der Waals surface area contributed by atoms with Crippen LogP contribution in [0.4, 0.5) is 0 Å². The molecule has 0 spiro atoms. The minimum atomic E-state index is -1.14. The molecule has 4 nitrogen and oxygen atoms in total. The third kappa shape index (κ3) is 3.69. The minimum Gasteiger partial charge on any atom is -0.497 e. The number of benzene rings is 3. The van der Waals surface area contributed by atoms with E-state index in [0.717, 1.165) is 11.1 Å². The van der Waals surface area contributed by atoms with Gasteiger partial charge in [0.05, 0.1) is 19.1 Å². The van der Waals surface area contributed by atoms with Gasteiger partial charge in [-0.3, -0.25) is 4.79 Å². The third-order valence-corrected chi connectivity index (χ3v) is 5.05. The van der Waals surface area contributed by atoms with Crippen LogP contribution in [0.2, 0.25) is 0 Å². The van der Waals surface area contributed by atoms with E-state index in [-0.39, 0.29) is 12.2 Å². The molecule has 0 aromatic heterocycles. The van der Waals surface area contributed by atoms with Crippen LogP contribution in [0.1, 0.15) is 27.9 Å². The highest BCUT2D eigenvalue weighted by Gasteiger charge is 2.43. The topological polar surface area (TPSA) is 52.6 Å². The zero-order chi connectivity index (χ0) is 20.3. The van der Waals surface area contributed by atoms with Crippen molar-refractivity contribution in [1.82, 2.24) is 0 Å². The SMILES string of the molecule is COc1ccc(C2=C[C@@](CC(=O)c3ccccc3)(c3ccccc3)OC2=O)cc1. The number of hydrogen-bond donors (Lipinski definition) is 0. The standard InChI is InChI=1S/C25H20O4/c1-28-21-14-12-18(13-15-21)22-16-25(29-24(22)27,20-10-6-3-7-11-20)17-23(26)19-8-4-2-5-9-19/h2-16H,17H2,1H3/t25-/m1/s1. The van der Waals surface area contributed by atoms with Gasteiger partial charge in [-0.2, -0.15) is 0 Å². The zero-order valence-corrected chi connectivity index (χ0v) is 16.0. The molecule has 3 aromatic carbocycles. The fraction of sp³-hybridized carbons (Fsp3) is 0.120. The summed E-state index contributed by atoms with van der Waals surface area (Å²) >= 11 is 0. The van der Waals surface area contributed by atoms with E-state index in [1.807, 2.05) is 60.7 Å². The van der Waals surface area contributed by atoms with Crippen LogP contribution >= 0.6 is 0 Å². The Kier molecular flexibility index (Phi) is 5.00. The molecule has 0 saturated heterocycles. The molecule has 4 heteroatoms. The molecule has 0 radical (unpaired) electrons. The molecular formula is C25H20O4. The summed E-state index contributed by atoms with van der Waals surface area (Å²) in [7, 11) is 1.59. The van der Waals surface area contributed by atoms with Gasteiger partial charge < -0.3 is 9.47 Å². The number of Topliss-reactive ketones (excluding diaryl/α,β-unsaturated/α-hetero) is 1. The van der Waals surface area contributed by atoms with Crippen molar-refractivity contribution in [3.8, 4) is 5.75 Å². The van der Waals surface area contributed by atoms with Crippen molar-refractivity contribution in [3.05, 3.63) is 108 Å². The Morgan fingerprint density at radius 2 is 1.52 bits per heavy atom. The average molecular weight is 384 g/mol. The van der Waals surface area contributed by atoms with Gasteiger partial charge in [-0.1, -0.05) is 72.8 Å². The first kappa shape index (κ1) is 18.7. The predicted molar refractivity (Wildman–Crippen MR) is 111 cm³/mol. The maximum absolute atomic E-state index is 13.0. The largest absolute Gasteiger partial charge is 0.497 e. The van der Waals surface area contributed by atoms with E-state index in [0.29, 0.717) is 16.9 Å². The van der Waals surface area contributed by atoms with Crippen LogP contribution in [0.25, 0.3) is 5.57 Å². The quantitative estimate of drug-likeness (QED) is 0.452. The van der Waals surface area contributed by atoms with Crippen LogP contribution in [0.15, 0.2) is 91.0 Å². The van der Waals surface area contributed by atoms with Crippen molar-refractivity contribution in [2.45, 2.75) is 12.0 Å². The molecule has 1 aliphatic rings. The fourth-order valence-corrected chi connectivity index (χ4v) is 3.53. The van der Waals surface area contributed by atoms with Gasteiger partial charge in [0.1, 0.15) is 5.75 Å². The smallest absolute Gasteiger partial charge is 0.339 e. The molecule has 0 amide bonds. The highest BCUT2D eigenvalue weighted by atomic mass is 16.6. The number of ether oxygens (including phenoxy) is 2. The van der Waals surface area contributed by atoms with Crippen molar-refractivity contribution in [3.63, 3.8) is 0 Å². The predicted octanol–water partition coefficient (Wildman–Crippen LogP) is 4.80. The number of carbonyl (C=O) groups excluding carboxylic acids is 2. The second-order valence-corrected chi connectivity index (χ2v) is 6.90. The van der Waals surface area contributed by atoms with Crippen LogP contribution in [0.3, 0.4) is 0 Å². The molecule has 0 saturated carbocycles. The molecular weight excluding hydrogens is 364 g/mol. The van der Waals surface area contributed by atoms with Gasteiger partial charge in [-0.05, 0) is 29.3 Å². The van der Waals surface area contributed by atoms with Crippen LogP contribution in [-0.2, 0) is 15.1 Å². The van der Waals surface area contributed by atoms with Gasteiger partial charge in [-0.15, -0.1) is 0 Å². The van der Waals surface area contributed by atoms with Gasteiger partial charge in [0, 0.05) is 5.56 Å². The summed E-state index contributed by atoms with van der Waals surface area (Å²) in [5.41, 5.74) is 1.38. The first-order chi connectivity index (χ1) is 14.1. The second-order valence-electron chi connectivity index (χ2n) is 6.90. The molecule has 0 unspecified atom stereocenters. The number of hydrogen-bond acceptors (Lipinski definition) is 4. The first-order valence-electron chi connectivity index (χ1n) is 9.36. The Morgan fingerprint density at radius 1 is 0.897 bits per heavy atom. The van der Waals surface area contributed by atoms with E-state index in [9.17, 15) is 9.59 Å². The van der Waals surface area contributed by atoms with E-state index < -0.39 is 11.6 Å². The number of methoxy groups -OCH3 is 1. The maximum atomic E-state index is 13.0. The molecule has 1 heterocycles. The van der Waals surface area contributed by atoms with Gasteiger partial charge in [0.25, 0.3) is 0 Å². The summed E-state index contributed by atoms with van der Waals surface area (Å²) in [6, 6.07) is 25.6. The summed E-state index contributed by atoms with van der Waals surface area (Å²) < 4.78 is 11.1. The zero-order valence-electron chi connectivity index (χ0n) is 16.0. The van der Waals surface area contributed by atoms with Crippen molar-refractivity contribution in [2.75, 3.05) is 7.11 Å². The van der Waals surface area contributed by atoms with E-state index in [1.165, 1.54) is 0 Å². The van der Waals surface area contributed by atoms with Crippen LogP contribution in [-0.4, -0.2) is 18.9 Å². The number of rotatable bonds is 6. The first-order valence-corrected chi connectivity index (χ1v) is 9.36. The van der Waals surface area contributed by atoms with Crippen molar-refractivity contribution < 1.29 is 19.1 Å². The average Bonchev–Trinajstić information content (AvgIpc) is 3.12. The highest BCUT2D eigenvalue weighted by Crippen LogP contribution is 2.42. The Bertz CT molecular complexity index is 1050. The molecule has 4 rings (SSSR count). The Hall–Kier alpha value is -3.66. The Balaban J connectivity index is 1.76. The lowest BCUT2D eigenvalue weighted by molar-refractivity contribution is -0.145. The molecule has 0 N–H and O–H groups in total. The normalized spacial score (nSPS) is 18.1. The number of esters is 1. The summed E-state index contributed by atoms with van der Waals surface area (Å²) in [6.07, 6.45) is 1.81. The summed E-state index contributed by atoms with van der Waals surface area (Å²) in [5.74, 6) is 0.170. The number of ketones is 1. The fourth-order valence-electron chi connectivity index (χ4n) is 3.53. The molecule has 29 heavy (non-hydrogen) atoms. The lowest BCUT2D eigenvalue weighted by Crippen LogP contribution is -2.29. The van der Waals surface area contributed by atoms with Crippen LogP contribution < -0.4 is 4.74 Å². The maximum Gasteiger partial charge on any atom is 0.339 e. The van der Waals surface area contributed by atoms with Gasteiger partial charge in [0.2, 0.25) is 0 Å². The van der Waals surface area contributed by atoms with E-state index in [1.54, 1.807) is 37.5 Å². The summed E-state index contributed by atoms with van der Waals surface area (Å²) in [5, 5.41) is 0. The van der Waals surface area contributed by atoms with Crippen molar-refractivity contribution >= 4 is 17.3 Å². The summed E-state index contributed by atoms with van der Waals surface area (Å²) in [4.78, 5) is 25.8. The van der Waals surface area contributed by atoms with Gasteiger partial charge >= 0.3 is 5.97 Å². The lowest BCUT2D eigenvalue weighted by atomic mass is 9.86. The minimum absolute atomic E-state index is 0.0341. The molecule has 0 fully saturated rings.